The molecule has 4 heteroatoms. The number of benzene rings is 2. The molecular formula is C30H38IrNO2-. The third-order valence-electron chi connectivity index (χ3n) is 5.74. The number of carbonyl (C=O) groups is 1. The number of aryl methyl sites for hydroxylation is 4. The van der Waals surface area contributed by atoms with Crippen molar-refractivity contribution in [1.29, 1.82) is 0 Å². The predicted molar refractivity (Wildman–Crippen MR) is 140 cm³/mol. The van der Waals surface area contributed by atoms with Gasteiger partial charge in [0, 0.05) is 43.2 Å². The van der Waals surface area contributed by atoms with Gasteiger partial charge in [0.05, 0.1) is 0 Å². The van der Waals surface area contributed by atoms with Crippen molar-refractivity contribution >= 4 is 16.6 Å². The summed E-state index contributed by atoms with van der Waals surface area (Å²) in [6, 6.07) is 14.2. The van der Waals surface area contributed by atoms with Crippen LogP contribution in [0.15, 0.2) is 48.4 Å². The Bertz CT molecular complexity index is 1190. The number of aliphatic hydroxyl groups is 1. The Balaban J connectivity index is 0.000000364. The third-order valence-corrected chi connectivity index (χ3v) is 5.74. The number of aliphatic hydroxyl groups excluding tert-OH is 1. The zero-order valence-electron chi connectivity index (χ0n) is 22.2. The molecule has 0 spiro atoms. The summed E-state index contributed by atoms with van der Waals surface area (Å²) in [6.07, 6.45) is 3.29. The monoisotopic (exact) mass is 637 g/mol. The summed E-state index contributed by atoms with van der Waals surface area (Å²) >= 11 is 0. The summed E-state index contributed by atoms with van der Waals surface area (Å²) in [4.78, 5) is 16.2. The van der Waals surface area contributed by atoms with Crippen molar-refractivity contribution in [3.8, 4) is 11.3 Å². The molecule has 0 aliphatic rings. The number of aromatic nitrogens is 1. The molecule has 0 aliphatic heterocycles. The van der Waals surface area contributed by atoms with Crippen molar-refractivity contribution in [3.63, 3.8) is 0 Å². The molecule has 1 radical (unpaired) electrons. The summed E-state index contributed by atoms with van der Waals surface area (Å²) < 4.78 is 0. The predicted octanol–water partition coefficient (Wildman–Crippen LogP) is 8.02. The van der Waals surface area contributed by atoms with Gasteiger partial charge in [-0.3, -0.25) is 4.79 Å². The van der Waals surface area contributed by atoms with Crippen LogP contribution in [-0.2, 0) is 24.9 Å². The maximum absolute atomic E-state index is 11.5. The smallest absolute Gasteiger partial charge is 0.164 e. The van der Waals surface area contributed by atoms with Crippen LogP contribution in [-0.4, -0.2) is 15.9 Å². The topological polar surface area (TPSA) is 50.2 Å². The molecule has 0 atom stereocenters. The van der Waals surface area contributed by atoms with E-state index in [1.807, 2.05) is 47.7 Å². The van der Waals surface area contributed by atoms with Gasteiger partial charge in [0.2, 0.25) is 0 Å². The van der Waals surface area contributed by atoms with Crippen LogP contribution in [0.5, 0.6) is 0 Å². The molecule has 0 unspecified atom stereocenters. The van der Waals surface area contributed by atoms with Crippen molar-refractivity contribution in [2.75, 3.05) is 0 Å². The van der Waals surface area contributed by atoms with Crippen molar-refractivity contribution in [2.24, 2.45) is 10.8 Å². The Kier molecular flexibility index (Phi) is 9.99. The second kappa shape index (κ2) is 11.4. The van der Waals surface area contributed by atoms with E-state index < -0.39 is 5.41 Å². The fraction of sp³-hybridized carbons (Fsp3) is 0.400. The Labute approximate surface area is 219 Å². The molecule has 1 heterocycles. The van der Waals surface area contributed by atoms with Gasteiger partial charge in [0.15, 0.2) is 5.78 Å². The molecule has 2 aromatic carbocycles. The average molecular weight is 637 g/mol. The van der Waals surface area contributed by atoms with E-state index in [1.54, 1.807) is 0 Å². The minimum absolute atomic E-state index is 0. The summed E-state index contributed by atoms with van der Waals surface area (Å²) in [5.74, 6) is 0.104. The molecule has 0 bridgehead atoms. The van der Waals surface area contributed by atoms with Gasteiger partial charge in [-0.15, -0.1) is 34.4 Å². The van der Waals surface area contributed by atoms with Crippen molar-refractivity contribution in [1.82, 2.24) is 4.98 Å². The van der Waals surface area contributed by atoms with Gasteiger partial charge < -0.3 is 10.1 Å². The van der Waals surface area contributed by atoms with Gasteiger partial charge in [-0.25, -0.2) is 0 Å². The van der Waals surface area contributed by atoms with Crippen LogP contribution >= 0.6 is 0 Å². The van der Waals surface area contributed by atoms with E-state index >= 15 is 0 Å². The summed E-state index contributed by atoms with van der Waals surface area (Å²) in [5.41, 5.74) is 6.30. The number of ketones is 1. The second-order valence-corrected chi connectivity index (χ2v) is 10.9. The maximum atomic E-state index is 11.5. The van der Waals surface area contributed by atoms with Crippen LogP contribution < -0.4 is 0 Å². The Hall–Kier alpha value is -2.29. The number of rotatable bonds is 2. The maximum Gasteiger partial charge on any atom is 0.164 e. The molecule has 0 amide bonds. The van der Waals surface area contributed by atoms with Crippen LogP contribution in [0.25, 0.3) is 22.0 Å². The molecule has 3 rings (SSSR count). The van der Waals surface area contributed by atoms with Crippen LogP contribution in [0.1, 0.15) is 63.8 Å². The number of hydrogen-bond acceptors (Lipinski definition) is 3. The second-order valence-electron chi connectivity index (χ2n) is 10.9. The zero-order valence-corrected chi connectivity index (χ0v) is 24.6. The molecule has 1 aromatic heterocycles. The van der Waals surface area contributed by atoms with Gasteiger partial charge in [0.25, 0.3) is 0 Å². The molecule has 3 aromatic rings. The molecule has 0 saturated carbocycles. The summed E-state index contributed by atoms with van der Waals surface area (Å²) in [7, 11) is 0. The van der Waals surface area contributed by atoms with Gasteiger partial charge >= 0.3 is 0 Å². The van der Waals surface area contributed by atoms with Crippen LogP contribution in [0.3, 0.4) is 0 Å². The number of carbonyl (C=O) groups excluding carboxylic acids is 1. The van der Waals surface area contributed by atoms with Crippen molar-refractivity contribution in [2.45, 2.75) is 69.2 Å². The van der Waals surface area contributed by atoms with E-state index in [4.69, 9.17) is 0 Å². The number of fused-ring (bicyclic) bond motifs is 1. The number of pyridine rings is 1. The van der Waals surface area contributed by atoms with Gasteiger partial charge in [0.1, 0.15) is 5.76 Å². The normalized spacial score (nSPS) is 12.0. The molecule has 1 N–H and O–H groups in total. The van der Waals surface area contributed by atoms with Crippen molar-refractivity contribution < 1.29 is 30.0 Å². The summed E-state index contributed by atoms with van der Waals surface area (Å²) in [6.45, 7) is 19.6. The molecule has 34 heavy (non-hydrogen) atoms. The Morgan fingerprint density at radius 3 is 1.97 bits per heavy atom. The van der Waals surface area contributed by atoms with Gasteiger partial charge in [-0.05, 0) is 29.0 Å². The first-order chi connectivity index (χ1) is 15.1. The largest absolute Gasteiger partial charge is 0.512 e. The van der Waals surface area contributed by atoms with Crippen molar-refractivity contribution in [3.05, 3.63) is 76.7 Å². The Morgan fingerprint density at radius 2 is 1.44 bits per heavy atom. The minimum atomic E-state index is -0.417. The van der Waals surface area contributed by atoms with E-state index in [1.165, 1.54) is 39.1 Å². The fourth-order valence-electron chi connectivity index (χ4n) is 3.23. The molecule has 0 fully saturated rings. The first kappa shape index (κ1) is 29.7. The number of nitrogens with zero attached hydrogens (tertiary/aromatic N) is 1. The van der Waals surface area contributed by atoms with E-state index in [0.29, 0.717) is 0 Å². The number of allylic oxidation sites excluding steroid dienone is 2. The van der Waals surface area contributed by atoms with Crippen LogP contribution in [0.2, 0.25) is 0 Å². The first-order valence-electron chi connectivity index (χ1n) is 11.4. The van der Waals surface area contributed by atoms with Gasteiger partial charge in [-0.1, -0.05) is 86.6 Å². The van der Waals surface area contributed by atoms with E-state index in [0.717, 1.165) is 11.3 Å². The molecule has 0 saturated heterocycles. The molecule has 0 aliphatic carbocycles. The van der Waals surface area contributed by atoms with E-state index in [2.05, 4.69) is 69.1 Å². The number of hydrogen-bond donors (Lipinski definition) is 1. The molecule has 185 valence electrons. The molecule has 3 nitrogen and oxygen atoms in total. The van der Waals surface area contributed by atoms with Crippen LogP contribution in [0, 0.1) is 44.6 Å². The quantitative estimate of drug-likeness (QED) is 0.176. The van der Waals surface area contributed by atoms with E-state index in [9.17, 15) is 9.90 Å². The Morgan fingerprint density at radius 1 is 0.882 bits per heavy atom. The third kappa shape index (κ3) is 7.35. The SMILES string of the molecule is CC(C)(C)C(=O)/C=C(\O)C(C)(C)C.Cc1[c-]c(-c2ncc(C)c3ccccc23)c(C)cc1C.[Ir]. The molecular weight excluding hydrogens is 599 g/mol. The fourth-order valence-corrected chi connectivity index (χ4v) is 3.23. The average Bonchev–Trinajstić information content (AvgIpc) is 2.71. The standard InChI is InChI=1S/C19H18N.C11H20O2.Ir/c1-12-9-14(3)18(10-13(12)2)19-17-8-6-5-7-16(17)15(4)11-20-19;1-10(2,3)8(12)7-9(13)11(4,5)6;/h5-9,11H,1-4H3;7,12H,1-6H3;/q-1;;/b;8-7-;. The van der Waals surface area contributed by atoms with E-state index in [-0.39, 0.29) is 37.1 Å². The zero-order chi connectivity index (χ0) is 25.1. The van der Waals surface area contributed by atoms with Crippen LogP contribution in [0.4, 0.5) is 0 Å². The summed E-state index contributed by atoms with van der Waals surface area (Å²) in [5, 5.41) is 12.0. The minimum Gasteiger partial charge on any atom is -0.512 e. The first-order valence-corrected chi connectivity index (χ1v) is 11.4. The van der Waals surface area contributed by atoms with Gasteiger partial charge in [-0.2, -0.15) is 0 Å².